The van der Waals surface area contributed by atoms with Crippen LogP contribution >= 0.6 is 28.6 Å². The standard InChI is InChI=1S/C13H16BrNOS/c1-8(9-3-2-4-9)15-13(16)11-6-5-10(14)7-12(11)17/h5-9,17H,2-4H2,1H3,(H,15,16). The van der Waals surface area contributed by atoms with Crippen molar-refractivity contribution >= 4 is 34.5 Å². The number of benzene rings is 1. The fourth-order valence-electron chi connectivity index (χ4n) is 2.04. The molecule has 1 unspecified atom stereocenters. The summed E-state index contributed by atoms with van der Waals surface area (Å²) in [6.07, 6.45) is 3.76. The summed E-state index contributed by atoms with van der Waals surface area (Å²) < 4.78 is 0.936. The largest absolute Gasteiger partial charge is 0.349 e. The van der Waals surface area contributed by atoms with Gasteiger partial charge in [-0.25, -0.2) is 0 Å². The van der Waals surface area contributed by atoms with E-state index in [-0.39, 0.29) is 11.9 Å². The molecular formula is C13H16BrNOS. The third-order valence-electron chi connectivity index (χ3n) is 3.42. The number of hydrogen-bond donors (Lipinski definition) is 2. The Hall–Kier alpha value is -0.480. The first-order valence-electron chi connectivity index (χ1n) is 5.87. The molecule has 1 saturated carbocycles. The summed E-state index contributed by atoms with van der Waals surface area (Å²) in [5, 5.41) is 3.06. The van der Waals surface area contributed by atoms with Crippen molar-refractivity contribution < 1.29 is 4.79 Å². The van der Waals surface area contributed by atoms with E-state index < -0.39 is 0 Å². The van der Waals surface area contributed by atoms with Crippen molar-refractivity contribution in [3.8, 4) is 0 Å². The van der Waals surface area contributed by atoms with Crippen LogP contribution in [0.3, 0.4) is 0 Å². The van der Waals surface area contributed by atoms with Crippen molar-refractivity contribution in [3.63, 3.8) is 0 Å². The molecule has 1 aliphatic rings. The van der Waals surface area contributed by atoms with Gasteiger partial charge in [-0.05, 0) is 43.9 Å². The van der Waals surface area contributed by atoms with Crippen LogP contribution in [0.15, 0.2) is 27.6 Å². The van der Waals surface area contributed by atoms with E-state index in [4.69, 9.17) is 0 Å². The molecule has 0 saturated heterocycles. The van der Waals surface area contributed by atoms with E-state index in [1.54, 1.807) is 6.07 Å². The van der Waals surface area contributed by atoms with Crippen molar-refractivity contribution in [3.05, 3.63) is 28.2 Å². The first-order valence-corrected chi connectivity index (χ1v) is 7.11. The van der Waals surface area contributed by atoms with Gasteiger partial charge in [0.25, 0.3) is 5.91 Å². The van der Waals surface area contributed by atoms with Gasteiger partial charge in [-0.1, -0.05) is 22.4 Å². The summed E-state index contributed by atoms with van der Waals surface area (Å²) in [7, 11) is 0. The van der Waals surface area contributed by atoms with Gasteiger partial charge in [-0.2, -0.15) is 0 Å². The summed E-state index contributed by atoms with van der Waals surface area (Å²) in [6, 6.07) is 5.76. The molecule has 2 nitrogen and oxygen atoms in total. The highest BCUT2D eigenvalue weighted by atomic mass is 79.9. The molecule has 1 fully saturated rings. The molecular weight excluding hydrogens is 298 g/mol. The van der Waals surface area contributed by atoms with E-state index in [2.05, 4.69) is 40.8 Å². The SMILES string of the molecule is CC(NC(=O)c1ccc(Br)cc1S)C1CCC1. The molecule has 1 N–H and O–H groups in total. The van der Waals surface area contributed by atoms with Crippen molar-refractivity contribution in [2.24, 2.45) is 5.92 Å². The second kappa shape index (κ2) is 5.44. The fourth-order valence-corrected chi connectivity index (χ4v) is 2.89. The Morgan fingerprint density at radius 1 is 1.53 bits per heavy atom. The summed E-state index contributed by atoms with van der Waals surface area (Å²) in [4.78, 5) is 12.8. The summed E-state index contributed by atoms with van der Waals surface area (Å²) in [5.41, 5.74) is 0.641. The Labute approximate surface area is 116 Å². The van der Waals surface area contributed by atoms with Gasteiger partial charge in [-0.15, -0.1) is 12.6 Å². The molecule has 1 aromatic rings. The zero-order valence-electron chi connectivity index (χ0n) is 9.74. The van der Waals surface area contributed by atoms with Crippen molar-refractivity contribution in [1.82, 2.24) is 5.32 Å². The number of thiol groups is 1. The van der Waals surface area contributed by atoms with Crippen LogP contribution in [0.1, 0.15) is 36.5 Å². The lowest BCUT2D eigenvalue weighted by atomic mass is 9.80. The van der Waals surface area contributed by atoms with Gasteiger partial charge in [0.2, 0.25) is 0 Å². The van der Waals surface area contributed by atoms with Gasteiger partial charge in [0.1, 0.15) is 0 Å². The monoisotopic (exact) mass is 313 g/mol. The van der Waals surface area contributed by atoms with Gasteiger partial charge in [0, 0.05) is 15.4 Å². The van der Waals surface area contributed by atoms with Gasteiger partial charge in [0.05, 0.1) is 5.56 Å². The number of carbonyl (C=O) groups excluding carboxylic acids is 1. The maximum Gasteiger partial charge on any atom is 0.252 e. The zero-order valence-corrected chi connectivity index (χ0v) is 12.2. The third-order valence-corrected chi connectivity index (χ3v) is 4.28. The molecule has 0 bridgehead atoms. The fraction of sp³-hybridized carbons (Fsp3) is 0.462. The number of rotatable bonds is 3. The first kappa shape index (κ1) is 13.0. The van der Waals surface area contributed by atoms with Crippen LogP contribution in [0.2, 0.25) is 0 Å². The van der Waals surface area contributed by atoms with E-state index in [0.29, 0.717) is 16.4 Å². The summed E-state index contributed by atoms with van der Waals surface area (Å²) >= 11 is 7.69. The molecule has 1 amide bonds. The normalized spacial score (nSPS) is 17.4. The van der Waals surface area contributed by atoms with E-state index in [1.165, 1.54) is 19.3 Å². The topological polar surface area (TPSA) is 29.1 Å². The molecule has 17 heavy (non-hydrogen) atoms. The number of carbonyl (C=O) groups is 1. The van der Waals surface area contributed by atoms with Gasteiger partial charge < -0.3 is 5.32 Å². The molecule has 1 aromatic carbocycles. The average molecular weight is 314 g/mol. The number of halogens is 1. The molecule has 0 radical (unpaired) electrons. The Morgan fingerprint density at radius 2 is 2.24 bits per heavy atom. The van der Waals surface area contributed by atoms with Crippen LogP contribution in [0.25, 0.3) is 0 Å². The minimum Gasteiger partial charge on any atom is -0.349 e. The molecule has 0 aromatic heterocycles. The molecule has 4 heteroatoms. The van der Waals surface area contributed by atoms with Crippen LogP contribution in [-0.4, -0.2) is 11.9 Å². The maximum absolute atomic E-state index is 12.1. The second-order valence-corrected chi connectivity index (χ2v) is 6.01. The van der Waals surface area contributed by atoms with Crippen LogP contribution in [-0.2, 0) is 0 Å². The van der Waals surface area contributed by atoms with E-state index in [1.807, 2.05) is 12.1 Å². The highest BCUT2D eigenvalue weighted by molar-refractivity contribution is 9.10. The van der Waals surface area contributed by atoms with Crippen LogP contribution in [0.5, 0.6) is 0 Å². The Bertz CT molecular complexity index is 431. The van der Waals surface area contributed by atoms with E-state index >= 15 is 0 Å². The van der Waals surface area contributed by atoms with Crippen LogP contribution < -0.4 is 5.32 Å². The van der Waals surface area contributed by atoms with Gasteiger partial charge in [0.15, 0.2) is 0 Å². The third kappa shape index (κ3) is 3.05. The van der Waals surface area contributed by atoms with E-state index in [0.717, 1.165) is 4.47 Å². The minimum atomic E-state index is -0.0260. The highest BCUT2D eigenvalue weighted by Crippen LogP contribution is 2.29. The summed E-state index contributed by atoms with van der Waals surface area (Å²) in [6.45, 7) is 2.08. The Morgan fingerprint density at radius 3 is 2.76 bits per heavy atom. The quantitative estimate of drug-likeness (QED) is 0.819. The second-order valence-electron chi connectivity index (χ2n) is 4.61. The maximum atomic E-state index is 12.1. The summed E-state index contributed by atoms with van der Waals surface area (Å²) in [5.74, 6) is 0.625. The van der Waals surface area contributed by atoms with Crippen molar-refractivity contribution in [1.29, 1.82) is 0 Å². The molecule has 0 heterocycles. The van der Waals surface area contributed by atoms with Crippen LogP contribution in [0.4, 0.5) is 0 Å². The van der Waals surface area contributed by atoms with Gasteiger partial charge in [-0.3, -0.25) is 4.79 Å². The van der Waals surface area contributed by atoms with Crippen molar-refractivity contribution in [2.45, 2.75) is 37.1 Å². The molecule has 0 spiro atoms. The smallest absolute Gasteiger partial charge is 0.252 e. The lowest BCUT2D eigenvalue weighted by molar-refractivity contribution is 0.0906. The predicted octanol–water partition coefficient (Wildman–Crippen LogP) is 3.66. The predicted molar refractivity (Wildman–Crippen MR) is 75.7 cm³/mol. The lowest BCUT2D eigenvalue weighted by Gasteiger charge is -2.32. The van der Waals surface area contributed by atoms with Gasteiger partial charge >= 0.3 is 0 Å². The number of amides is 1. The Balaban J connectivity index is 2.03. The number of nitrogens with one attached hydrogen (secondary N) is 1. The lowest BCUT2D eigenvalue weighted by Crippen LogP contribution is -2.40. The van der Waals surface area contributed by atoms with Crippen LogP contribution in [0, 0.1) is 5.92 Å². The molecule has 0 aliphatic heterocycles. The number of hydrogen-bond acceptors (Lipinski definition) is 2. The Kier molecular flexibility index (Phi) is 4.15. The zero-order chi connectivity index (χ0) is 12.4. The molecule has 1 atom stereocenters. The molecule has 2 rings (SSSR count). The van der Waals surface area contributed by atoms with Crippen molar-refractivity contribution in [2.75, 3.05) is 0 Å². The van der Waals surface area contributed by atoms with E-state index in [9.17, 15) is 4.79 Å². The minimum absolute atomic E-state index is 0.0260. The first-order chi connectivity index (χ1) is 8.08. The average Bonchev–Trinajstić information content (AvgIpc) is 2.13. The molecule has 92 valence electrons. The highest BCUT2D eigenvalue weighted by Gasteiger charge is 2.25. The molecule has 1 aliphatic carbocycles.